The van der Waals surface area contributed by atoms with E-state index in [1.54, 1.807) is 43.2 Å². The quantitative estimate of drug-likeness (QED) is 0.572. The lowest BCUT2D eigenvalue weighted by atomic mass is 9.87. The van der Waals surface area contributed by atoms with Gasteiger partial charge in [-0.25, -0.2) is 0 Å². The molecular formula is C24H28Cl2N2O5. The maximum atomic E-state index is 13.3. The first-order valence-electron chi connectivity index (χ1n) is 10.5. The summed E-state index contributed by atoms with van der Waals surface area (Å²) in [7, 11) is 6.38. The van der Waals surface area contributed by atoms with Gasteiger partial charge in [0.25, 0.3) is 5.91 Å². The fourth-order valence-electron chi connectivity index (χ4n) is 4.15. The van der Waals surface area contributed by atoms with E-state index in [0.29, 0.717) is 40.9 Å². The number of benzene rings is 2. The maximum absolute atomic E-state index is 13.3. The number of amides is 2. The predicted molar refractivity (Wildman–Crippen MR) is 128 cm³/mol. The van der Waals surface area contributed by atoms with Gasteiger partial charge < -0.3 is 24.0 Å². The summed E-state index contributed by atoms with van der Waals surface area (Å²) < 4.78 is 16.4. The number of carbonyl (C=O) groups is 2. The first kappa shape index (κ1) is 25.0. The van der Waals surface area contributed by atoms with Crippen LogP contribution in [-0.2, 0) is 4.79 Å². The molecule has 0 spiro atoms. The number of hydrogen-bond donors (Lipinski definition) is 0. The Balaban J connectivity index is 2.03. The van der Waals surface area contributed by atoms with Gasteiger partial charge in [-0.05, 0) is 42.8 Å². The first-order valence-corrected chi connectivity index (χ1v) is 11.3. The fourth-order valence-corrected chi connectivity index (χ4v) is 4.63. The zero-order valence-corrected chi connectivity index (χ0v) is 20.9. The number of hydrogen-bond acceptors (Lipinski definition) is 5. The Labute approximate surface area is 204 Å². The van der Waals surface area contributed by atoms with Crippen molar-refractivity contribution in [1.29, 1.82) is 0 Å². The van der Waals surface area contributed by atoms with Crippen molar-refractivity contribution in [3.63, 3.8) is 0 Å². The summed E-state index contributed by atoms with van der Waals surface area (Å²) >= 11 is 12.3. The molecule has 0 radical (unpaired) electrons. The van der Waals surface area contributed by atoms with Crippen LogP contribution >= 0.6 is 23.2 Å². The van der Waals surface area contributed by atoms with Gasteiger partial charge in [0, 0.05) is 37.6 Å². The smallest absolute Gasteiger partial charge is 0.255 e. The molecule has 2 aromatic rings. The predicted octanol–water partition coefficient (Wildman–Crippen LogP) is 4.35. The van der Waals surface area contributed by atoms with Gasteiger partial charge in [0.15, 0.2) is 11.5 Å². The highest BCUT2D eigenvalue weighted by atomic mass is 35.5. The van der Waals surface area contributed by atoms with E-state index in [1.165, 1.54) is 13.2 Å². The molecule has 0 N–H and O–H groups in total. The Morgan fingerprint density at radius 2 is 1.67 bits per heavy atom. The lowest BCUT2D eigenvalue weighted by molar-refractivity contribution is -0.133. The van der Waals surface area contributed by atoms with E-state index in [4.69, 9.17) is 37.4 Å². The highest BCUT2D eigenvalue weighted by Crippen LogP contribution is 2.44. The fraction of sp³-hybridized carbons (Fsp3) is 0.417. The minimum Gasteiger partial charge on any atom is -0.493 e. The van der Waals surface area contributed by atoms with E-state index < -0.39 is 5.92 Å². The molecule has 1 saturated heterocycles. The Bertz CT molecular complexity index is 1020. The summed E-state index contributed by atoms with van der Waals surface area (Å²) in [5.74, 6) is 0.469. The highest BCUT2D eigenvalue weighted by molar-refractivity contribution is 6.36. The van der Waals surface area contributed by atoms with E-state index in [-0.39, 0.29) is 29.3 Å². The number of ether oxygens (including phenoxy) is 3. The van der Waals surface area contributed by atoms with Gasteiger partial charge in [0.1, 0.15) is 0 Å². The molecule has 7 nitrogen and oxygen atoms in total. The van der Waals surface area contributed by atoms with Crippen molar-refractivity contribution < 1.29 is 23.8 Å². The molecule has 2 aromatic carbocycles. The topological polar surface area (TPSA) is 68.3 Å². The van der Waals surface area contributed by atoms with Gasteiger partial charge in [-0.3, -0.25) is 9.59 Å². The van der Waals surface area contributed by atoms with Gasteiger partial charge in [-0.1, -0.05) is 23.2 Å². The van der Waals surface area contributed by atoms with Crippen LogP contribution in [0.15, 0.2) is 30.3 Å². The van der Waals surface area contributed by atoms with Crippen LogP contribution < -0.4 is 14.2 Å². The van der Waals surface area contributed by atoms with Crippen LogP contribution in [-0.4, -0.2) is 69.6 Å². The van der Waals surface area contributed by atoms with Crippen molar-refractivity contribution >= 4 is 35.0 Å². The van der Waals surface area contributed by atoms with Crippen LogP contribution in [0.3, 0.4) is 0 Å². The minimum absolute atomic E-state index is 0.0336. The summed E-state index contributed by atoms with van der Waals surface area (Å²) in [5, 5.41) is 0.725. The molecular weight excluding hydrogens is 467 g/mol. The van der Waals surface area contributed by atoms with E-state index >= 15 is 0 Å². The first-order chi connectivity index (χ1) is 15.7. The van der Waals surface area contributed by atoms with Crippen molar-refractivity contribution in [2.75, 3.05) is 48.0 Å². The lowest BCUT2D eigenvalue weighted by Gasteiger charge is -2.24. The molecule has 1 aliphatic rings. The van der Waals surface area contributed by atoms with Crippen LogP contribution in [0.25, 0.3) is 0 Å². The number of rotatable bonds is 7. The Morgan fingerprint density at radius 3 is 2.18 bits per heavy atom. The van der Waals surface area contributed by atoms with Crippen LogP contribution in [0.1, 0.15) is 28.8 Å². The lowest BCUT2D eigenvalue weighted by Crippen LogP contribution is -2.37. The van der Waals surface area contributed by atoms with Crippen LogP contribution in [0.4, 0.5) is 0 Å². The van der Waals surface area contributed by atoms with Gasteiger partial charge in [-0.15, -0.1) is 0 Å². The molecule has 1 fully saturated rings. The third kappa shape index (κ3) is 4.99. The highest BCUT2D eigenvalue weighted by Gasteiger charge is 2.42. The minimum atomic E-state index is -0.437. The molecule has 1 aliphatic heterocycles. The second kappa shape index (κ2) is 10.5. The van der Waals surface area contributed by atoms with Crippen molar-refractivity contribution in [3.05, 3.63) is 51.5 Å². The van der Waals surface area contributed by atoms with Crippen molar-refractivity contribution in [2.24, 2.45) is 5.92 Å². The Morgan fingerprint density at radius 1 is 1.03 bits per heavy atom. The molecule has 0 aromatic heterocycles. The molecule has 0 aliphatic carbocycles. The average molecular weight is 495 g/mol. The van der Waals surface area contributed by atoms with Gasteiger partial charge in [0.05, 0.1) is 37.8 Å². The Kier molecular flexibility index (Phi) is 7.97. The van der Waals surface area contributed by atoms with Gasteiger partial charge >= 0.3 is 0 Å². The third-order valence-corrected chi connectivity index (χ3v) is 6.60. The summed E-state index contributed by atoms with van der Waals surface area (Å²) in [5.41, 5.74) is 1.17. The molecule has 2 amide bonds. The molecule has 1 heterocycles. The van der Waals surface area contributed by atoms with E-state index in [2.05, 4.69) is 0 Å². The van der Waals surface area contributed by atoms with Crippen LogP contribution in [0.5, 0.6) is 17.2 Å². The number of nitrogens with zero attached hydrogens (tertiary/aromatic N) is 2. The molecule has 2 atom stereocenters. The molecule has 0 unspecified atom stereocenters. The SMILES string of the molecule is CCN(C)C(=O)[C@@H]1CN(C(=O)c2ccc(Cl)cc2Cl)C[C@@H]1c1cc(OC)c(OC)c(OC)c1. The largest absolute Gasteiger partial charge is 0.493 e. The zero-order valence-electron chi connectivity index (χ0n) is 19.4. The van der Waals surface area contributed by atoms with Crippen molar-refractivity contribution in [3.8, 4) is 17.2 Å². The molecule has 33 heavy (non-hydrogen) atoms. The van der Waals surface area contributed by atoms with Gasteiger partial charge in [0.2, 0.25) is 11.7 Å². The van der Waals surface area contributed by atoms with E-state index in [9.17, 15) is 9.59 Å². The molecule has 3 rings (SSSR count). The van der Waals surface area contributed by atoms with Gasteiger partial charge in [-0.2, -0.15) is 0 Å². The second-order valence-electron chi connectivity index (χ2n) is 7.86. The van der Waals surface area contributed by atoms with Crippen molar-refractivity contribution in [1.82, 2.24) is 9.80 Å². The average Bonchev–Trinajstić information content (AvgIpc) is 3.27. The number of halogens is 2. The number of carbonyl (C=O) groups excluding carboxylic acids is 2. The summed E-state index contributed by atoms with van der Waals surface area (Å²) in [6.07, 6.45) is 0. The summed E-state index contributed by atoms with van der Waals surface area (Å²) in [6, 6.07) is 8.44. The summed E-state index contributed by atoms with van der Waals surface area (Å²) in [6.45, 7) is 3.08. The molecule has 0 bridgehead atoms. The van der Waals surface area contributed by atoms with Crippen LogP contribution in [0.2, 0.25) is 10.0 Å². The molecule has 9 heteroatoms. The molecule has 178 valence electrons. The Hall–Kier alpha value is -2.64. The van der Waals surface area contributed by atoms with E-state index in [0.717, 1.165) is 5.56 Å². The standard InChI is InChI=1S/C24H28Cl2N2O5/c1-6-27(2)23(29)18-13-28(24(30)16-8-7-15(25)11-19(16)26)12-17(18)14-9-20(31-3)22(33-5)21(10-14)32-4/h7-11,17-18H,6,12-13H2,1-5H3/t17-,18-/m1/s1. The van der Waals surface area contributed by atoms with Crippen molar-refractivity contribution in [2.45, 2.75) is 12.8 Å². The number of likely N-dealkylation sites (tertiary alicyclic amines) is 1. The third-order valence-electron chi connectivity index (χ3n) is 6.05. The van der Waals surface area contributed by atoms with Crippen LogP contribution in [0, 0.1) is 5.92 Å². The zero-order chi connectivity index (χ0) is 24.3. The number of methoxy groups -OCH3 is 3. The van der Waals surface area contributed by atoms with E-state index in [1.807, 2.05) is 19.1 Å². The molecule has 0 saturated carbocycles. The monoisotopic (exact) mass is 494 g/mol. The normalized spacial score (nSPS) is 17.6. The summed E-state index contributed by atoms with van der Waals surface area (Å²) in [4.78, 5) is 29.9. The maximum Gasteiger partial charge on any atom is 0.255 e. The second-order valence-corrected chi connectivity index (χ2v) is 8.70.